The van der Waals surface area contributed by atoms with E-state index in [0.717, 1.165) is 29.8 Å². The van der Waals surface area contributed by atoms with Gasteiger partial charge in [0.2, 0.25) is 0 Å². The zero-order valence-corrected chi connectivity index (χ0v) is 21.5. The van der Waals surface area contributed by atoms with Gasteiger partial charge < -0.3 is 20.3 Å². The monoisotopic (exact) mass is 450 g/mol. The van der Waals surface area contributed by atoms with E-state index in [9.17, 15) is 4.79 Å². The maximum atomic E-state index is 10.0. The lowest BCUT2D eigenvalue weighted by Crippen LogP contribution is -2.42. The highest BCUT2D eigenvalue weighted by Gasteiger charge is 2.34. The van der Waals surface area contributed by atoms with Crippen LogP contribution in [0.2, 0.25) is 0 Å². The minimum atomic E-state index is -0.931. The van der Waals surface area contributed by atoms with E-state index in [2.05, 4.69) is 30.9 Å². The highest BCUT2D eigenvalue weighted by molar-refractivity contribution is 5.73. The summed E-state index contributed by atoms with van der Waals surface area (Å²) in [5, 5.41) is 8.23. The van der Waals surface area contributed by atoms with Crippen molar-refractivity contribution in [2.45, 2.75) is 79.3 Å². The van der Waals surface area contributed by atoms with Gasteiger partial charge in [0.15, 0.2) is 11.5 Å². The number of methoxy groups -OCH3 is 2. The molecule has 6 heteroatoms. The van der Waals surface area contributed by atoms with Gasteiger partial charge in [0, 0.05) is 19.1 Å². The molecule has 1 fully saturated rings. The highest BCUT2D eigenvalue weighted by atomic mass is 16.5. The number of rotatable bonds is 6. The van der Waals surface area contributed by atoms with Crippen molar-refractivity contribution in [1.29, 1.82) is 0 Å². The van der Waals surface area contributed by atoms with Crippen molar-refractivity contribution in [1.82, 2.24) is 4.90 Å². The Bertz CT molecular complexity index is 705. The second kappa shape index (κ2) is 13.7. The number of hydrogen-bond donors (Lipinski definition) is 2. The molecule has 184 valence electrons. The van der Waals surface area contributed by atoms with Crippen LogP contribution in [0.3, 0.4) is 0 Å². The van der Waals surface area contributed by atoms with E-state index in [1.165, 1.54) is 43.5 Å². The van der Waals surface area contributed by atoms with Crippen LogP contribution in [0.4, 0.5) is 0 Å². The molecule has 2 heterocycles. The highest BCUT2D eigenvalue weighted by Crippen LogP contribution is 2.43. The molecular formula is C26H46N2O4. The molecule has 0 aliphatic carbocycles. The Labute approximate surface area is 195 Å². The average molecular weight is 451 g/mol. The number of carboxylic acid groups (broad SMARTS) is 1. The zero-order chi connectivity index (χ0) is 24.4. The predicted octanol–water partition coefficient (Wildman–Crippen LogP) is 5.14. The summed E-state index contributed by atoms with van der Waals surface area (Å²) in [5.41, 5.74) is 8.07. The summed E-state index contributed by atoms with van der Waals surface area (Å²) in [6.07, 6.45) is 5.12. The summed E-state index contributed by atoms with van der Waals surface area (Å²) in [4.78, 5) is 12.7. The van der Waals surface area contributed by atoms with E-state index in [1.807, 2.05) is 13.8 Å². The second-order valence-corrected chi connectivity index (χ2v) is 9.35. The Morgan fingerprint density at radius 3 is 2.19 bits per heavy atom. The lowest BCUT2D eigenvalue weighted by molar-refractivity contribution is -0.139. The zero-order valence-electron chi connectivity index (χ0n) is 21.5. The van der Waals surface area contributed by atoms with Crippen molar-refractivity contribution >= 4 is 5.97 Å². The Hall–Kier alpha value is -1.79. The Balaban J connectivity index is 0.000000436. The molecule has 0 radical (unpaired) electrons. The van der Waals surface area contributed by atoms with Gasteiger partial charge in [-0.1, -0.05) is 41.5 Å². The quantitative estimate of drug-likeness (QED) is 0.624. The van der Waals surface area contributed by atoms with Crippen molar-refractivity contribution in [3.63, 3.8) is 0 Å². The molecular weight excluding hydrogens is 404 g/mol. The van der Waals surface area contributed by atoms with Gasteiger partial charge >= 0.3 is 5.97 Å². The molecule has 0 spiro atoms. The number of fused-ring (bicyclic) bond motifs is 3. The molecule has 6 nitrogen and oxygen atoms in total. The fourth-order valence-electron chi connectivity index (χ4n) is 4.60. The summed E-state index contributed by atoms with van der Waals surface area (Å²) >= 11 is 0. The normalized spacial score (nSPS) is 20.7. The third-order valence-corrected chi connectivity index (χ3v) is 6.26. The Kier molecular flexibility index (Phi) is 12.1. The van der Waals surface area contributed by atoms with Crippen molar-refractivity contribution in [3.8, 4) is 11.5 Å². The Morgan fingerprint density at radius 2 is 1.72 bits per heavy atom. The van der Waals surface area contributed by atoms with Gasteiger partial charge in [0.05, 0.1) is 14.2 Å². The number of carbonyl (C=O) groups is 1. The van der Waals surface area contributed by atoms with Gasteiger partial charge in [-0.05, 0) is 66.7 Å². The van der Waals surface area contributed by atoms with Crippen LogP contribution >= 0.6 is 0 Å². The van der Waals surface area contributed by atoms with Crippen LogP contribution in [0.25, 0.3) is 0 Å². The van der Waals surface area contributed by atoms with Crippen LogP contribution < -0.4 is 15.2 Å². The first-order valence-corrected chi connectivity index (χ1v) is 12.1. The van der Waals surface area contributed by atoms with Crippen LogP contribution in [-0.4, -0.2) is 49.3 Å². The third-order valence-electron chi connectivity index (χ3n) is 6.26. The van der Waals surface area contributed by atoms with Gasteiger partial charge in [-0.15, -0.1) is 0 Å². The van der Waals surface area contributed by atoms with Crippen LogP contribution in [0, 0.1) is 17.8 Å². The summed E-state index contributed by atoms with van der Waals surface area (Å²) < 4.78 is 11.0. The number of nitrogens with two attached hydrogens (primary N) is 1. The van der Waals surface area contributed by atoms with Gasteiger partial charge in [0.1, 0.15) is 6.04 Å². The van der Waals surface area contributed by atoms with E-state index < -0.39 is 12.0 Å². The first-order valence-electron chi connectivity index (χ1n) is 12.1. The van der Waals surface area contributed by atoms with E-state index in [1.54, 1.807) is 28.1 Å². The molecule has 1 aromatic rings. The van der Waals surface area contributed by atoms with E-state index in [-0.39, 0.29) is 5.92 Å². The number of benzene rings is 1. The number of nitrogens with zero attached hydrogens (tertiary/aromatic N) is 1. The summed E-state index contributed by atoms with van der Waals surface area (Å²) in [7, 11) is 3.45. The van der Waals surface area contributed by atoms with Crippen LogP contribution in [0.5, 0.6) is 11.5 Å². The molecule has 3 rings (SSSR count). The van der Waals surface area contributed by atoms with E-state index in [4.69, 9.17) is 20.3 Å². The average Bonchev–Trinajstić information content (AvgIpc) is 2.78. The maximum Gasteiger partial charge on any atom is 0.320 e. The maximum absolute atomic E-state index is 10.0. The SMILES string of the molecule is CC.CC(C)C(N)C(=O)O.COc1cc2c(cc1OC)C1CCC(CC(C)C)CN1CC2. The molecule has 2 aliphatic heterocycles. The molecule has 1 aromatic carbocycles. The second-order valence-electron chi connectivity index (χ2n) is 9.35. The Morgan fingerprint density at radius 1 is 1.12 bits per heavy atom. The number of ether oxygens (including phenoxy) is 2. The molecule has 0 bridgehead atoms. The first-order chi connectivity index (χ1) is 15.2. The van der Waals surface area contributed by atoms with Crippen molar-refractivity contribution in [2.75, 3.05) is 27.3 Å². The van der Waals surface area contributed by atoms with Gasteiger partial charge in [-0.3, -0.25) is 9.69 Å². The molecule has 0 amide bonds. The fraction of sp³-hybridized carbons (Fsp3) is 0.731. The van der Waals surface area contributed by atoms with Crippen LogP contribution in [0.15, 0.2) is 12.1 Å². The number of piperidine rings is 1. The molecule has 1 saturated heterocycles. The lowest BCUT2D eigenvalue weighted by atomic mass is 9.81. The molecule has 3 unspecified atom stereocenters. The summed E-state index contributed by atoms with van der Waals surface area (Å²) in [6, 6.07) is 4.27. The summed E-state index contributed by atoms with van der Waals surface area (Å²) in [5.74, 6) is 2.50. The molecule has 3 atom stereocenters. The topological polar surface area (TPSA) is 85.0 Å². The largest absolute Gasteiger partial charge is 0.493 e. The third kappa shape index (κ3) is 7.66. The predicted molar refractivity (Wildman–Crippen MR) is 132 cm³/mol. The standard InChI is InChI=1S/C19H29NO2.C5H11NO2.C2H6/c1-13(2)9-14-5-6-17-16-11-19(22-4)18(21-3)10-15(16)7-8-20(17)12-14;1-3(2)4(6)5(7)8;1-2/h10-11,13-14,17H,5-9,12H2,1-4H3;3-4H,6H2,1-2H3,(H,7,8);1-2H3. The number of hydrogen-bond acceptors (Lipinski definition) is 5. The van der Waals surface area contributed by atoms with E-state index >= 15 is 0 Å². The van der Waals surface area contributed by atoms with Crippen LogP contribution in [-0.2, 0) is 11.2 Å². The summed E-state index contributed by atoms with van der Waals surface area (Å²) in [6.45, 7) is 14.7. The lowest BCUT2D eigenvalue weighted by Gasteiger charge is -2.44. The molecule has 3 N–H and O–H groups in total. The van der Waals surface area contributed by atoms with Crippen LogP contribution in [0.1, 0.15) is 78.0 Å². The van der Waals surface area contributed by atoms with Crippen molar-refractivity contribution in [3.05, 3.63) is 23.3 Å². The van der Waals surface area contributed by atoms with Crippen molar-refractivity contribution < 1.29 is 19.4 Å². The minimum absolute atomic E-state index is 0.0208. The van der Waals surface area contributed by atoms with Gasteiger partial charge in [-0.25, -0.2) is 0 Å². The first kappa shape index (κ1) is 28.2. The van der Waals surface area contributed by atoms with E-state index in [0.29, 0.717) is 6.04 Å². The van der Waals surface area contributed by atoms with Gasteiger partial charge in [0.25, 0.3) is 0 Å². The number of aliphatic carboxylic acids is 1. The molecule has 32 heavy (non-hydrogen) atoms. The number of carboxylic acids is 1. The molecule has 2 aliphatic rings. The molecule has 0 saturated carbocycles. The fourth-order valence-corrected chi connectivity index (χ4v) is 4.60. The van der Waals surface area contributed by atoms with Crippen molar-refractivity contribution in [2.24, 2.45) is 23.5 Å². The minimum Gasteiger partial charge on any atom is -0.493 e. The molecule has 0 aromatic heterocycles. The smallest absolute Gasteiger partial charge is 0.320 e. The van der Waals surface area contributed by atoms with Gasteiger partial charge in [-0.2, -0.15) is 0 Å².